The highest BCUT2D eigenvalue weighted by Gasteiger charge is 2.34. The first-order chi connectivity index (χ1) is 19.9. The van der Waals surface area contributed by atoms with E-state index >= 15 is 0 Å². The second-order valence-corrected chi connectivity index (χ2v) is 8.36. The molecule has 0 unspecified atom stereocenters. The molecular formula is C33H21F3O6. The highest BCUT2D eigenvalue weighted by atomic mass is 19.4. The first kappa shape index (κ1) is 30.7. The van der Waals surface area contributed by atoms with Gasteiger partial charge >= 0.3 is 24.1 Å². The van der Waals surface area contributed by atoms with E-state index in [1.807, 2.05) is 0 Å². The van der Waals surface area contributed by atoms with Crippen LogP contribution < -0.4 is 14.2 Å². The predicted molar refractivity (Wildman–Crippen MR) is 148 cm³/mol. The number of ether oxygens (including phenoxy) is 3. The zero-order valence-electron chi connectivity index (χ0n) is 22.1. The minimum absolute atomic E-state index is 0.198. The highest BCUT2D eigenvalue weighted by molar-refractivity contribution is 5.88. The fraction of sp³-hybridized carbons (Fsp3) is 0.0606. The van der Waals surface area contributed by atoms with E-state index in [1.54, 1.807) is 0 Å². The SMILES string of the molecule is C=CC(=O)Oc1ccc(C#Cc2cc(C(F)(F)F)c(C#Cc3ccc(OC(=O)C(=C)C)cc3)cc2OC(=O)C=C)cc1. The van der Waals surface area contributed by atoms with Crippen LogP contribution in [-0.2, 0) is 20.6 Å². The normalized spacial score (nSPS) is 10.1. The van der Waals surface area contributed by atoms with Crippen molar-refractivity contribution >= 4 is 17.9 Å². The van der Waals surface area contributed by atoms with Crippen molar-refractivity contribution in [1.82, 2.24) is 0 Å². The lowest BCUT2D eigenvalue weighted by molar-refractivity contribution is -0.137. The molecule has 6 nitrogen and oxygen atoms in total. The summed E-state index contributed by atoms with van der Waals surface area (Å²) >= 11 is 0. The van der Waals surface area contributed by atoms with Crippen LogP contribution in [0.5, 0.6) is 17.2 Å². The van der Waals surface area contributed by atoms with E-state index in [0.29, 0.717) is 11.1 Å². The molecule has 0 amide bonds. The number of carbonyl (C=O) groups excluding carboxylic acids is 3. The Labute approximate surface area is 239 Å². The van der Waals surface area contributed by atoms with Crippen LogP contribution in [0.4, 0.5) is 13.2 Å². The largest absolute Gasteiger partial charge is 0.423 e. The topological polar surface area (TPSA) is 78.9 Å². The fourth-order valence-electron chi connectivity index (χ4n) is 3.09. The molecule has 0 heterocycles. The molecule has 0 aromatic heterocycles. The zero-order valence-corrected chi connectivity index (χ0v) is 22.1. The smallest absolute Gasteiger partial charge is 0.417 e. The van der Waals surface area contributed by atoms with Crippen LogP contribution in [0.25, 0.3) is 0 Å². The van der Waals surface area contributed by atoms with Gasteiger partial charge in [-0.25, -0.2) is 14.4 Å². The van der Waals surface area contributed by atoms with Crippen LogP contribution in [0.3, 0.4) is 0 Å². The van der Waals surface area contributed by atoms with E-state index in [0.717, 1.165) is 24.3 Å². The van der Waals surface area contributed by atoms with E-state index < -0.39 is 35.2 Å². The fourth-order valence-corrected chi connectivity index (χ4v) is 3.09. The van der Waals surface area contributed by atoms with Crippen LogP contribution in [0.15, 0.2) is 98.1 Å². The molecule has 0 saturated carbocycles. The molecule has 3 aromatic rings. The van der Waals surface area contributed by atoms with Gasteiger partial charge in [0, 0.05) is 34.4 Å². The lowest BCUT2D eigenvalue weighted by Gasteiger charge is -2.13. The van der Waals surface area contributed by atoms with Crippen molar-refractivity contribution in [1.29, 1.82) is 0 Å². The van der Waals surface area contributed by atoms with Crippen molar-refractivity contribution in [2.45, 2.75) is 13.1 Å². The lowest BCUT2D eigenvalue weighted by Crippen LogP contribution is -2.11. The van der Waals surface area contributed by atoms with Crippen molar-refractivity contribution in [2.24, 2.45) is 0 Å². The Hall–Kier alpha value is -5.80. The summed E-state index contributed by atoms with van der Waals surface area (Å²) < 4.78 is 57.4. The zero-order chi connectivity index (χ0) is 30.9. The minimum Gasteiger partial charge on any atom is -0.423 e. The van der Waals surface area contributed by atoms with Gasteiger partial charge in [0.15, 0.2) is 0 Å². The third-order valence-electron chi connectivity index (χ3n) is 5.14. The van der Waals surface area contributed by atoms with Gasteiger partial charge in [0.2, 0.25) is 0 Å². The maximum absolute atomic E-state index is 14.1. The van der Waals surface area contributed by atoms with Gasteiger partial charge in [-0.1, -0.05) is 43.4 Å². The van der Waals surface area contributed by atoms with Crippen LogP contribution in [0.1, 0.15) is 34.7 Å². The Balaban J connectivity index is 2.01. The summed E-state index contributed by atoms with van der Waals surface area (Å²) in [6, 6.07) is 13.4. The second-order valence-electron chi connectivity index (χ2n) is 8.36. The molecule has 0 aliphatic heterocycles. The second kappa shape index (κ2) is 13.5. The summed E-state index contributed by atoms with van der Waals surface area (Å²) in [4.78, 5) is 34.9. The molecule has 0 saturated heterocycles. The molecule has 0 N–H and O–H groups in total. The number of benzene rings is 3. The van der Waals surface area contributed by atoms with Crippen LogP contribution in [0, 0.1) is 23.7 Å². The number of hydrogen-bond acceptors (Lipinski definition) is 6. The van der Waals surface area contributed by atoms with Crippen molar-refractivity contribution in [3.63, 3.8) is 0 Å². The molecule has 3 aromatic carbocycles. The molecule has 210 valence electrons. The van der Waals surface area contributed by atoms with E-state index in [9.17, 15) is 27.6 Å². The van der Waals surface area contributed by atoms with Crippen LogP contribution >= 0.6 is 0 Å². The van der Waals surface area contributed by atoms with Gasteiger partial charge in [-0.05, 0) is 67.6 Å². The van der Waals surface area contributed by atoms with Gasteiger partial charge in [-0.15, -0.1) is 0 Å². The highest BCUT2D eigenvalue weighted by Crippen LogP contribution is 2.36. The average molecular weight is 571 g/mol. The van der Waals surface area contributed by atoms with Crippen molar-refractivity contribution < 1.29 is 41.8 Å². The standard InChI is InChI=1S/C33H21F3O6/c1-5-30(37)40-26-15-9-23(10-16-26)8-14-25-19-28(33(34,35)36)24(20-29(25)42-31(38)6-2)13-7-22-11-17-27(18-12-22)41-32(39)21(3)4/h5-6,9-12,15-20H,1-3H2,4H3. The number of rotatable bonds is 6. The number of halogens is 3. The average Bonchev–Trinajstić information content (AvgIpc) is 2.96. The molecule has 0 atom stereocenters. The van der Waals surface area contributed by atoms with Gasteiger partial charge in [0.25, 0.3) is 0 Å². The maximum Gasteiger partial charge on any atom is 0.417 e. The van der Waals surface area contributed by atoms with Gasteiger partial charge in [-0.2, -0.15) is 13.2 Å². The molecule has 42 heavy (non-hydrogen) atoms. The first-order valence-electron chi connectivity index (χ1n) is 11.9. The molecular weight excluding hydrogens is 549 g/mol. The number of carbonyl (C=O) groups is 3. The minimum atomic E-state index is -4.82. The molecule has 0 radical (unpaired) electrons. The van der Waals surface area contributed by atoms with E-state index in [4.69, 9.17) is 14.2 Å². The van der Waals surface area contributed by atoms with Crippen molar-refractivity contribution in [3.8, 4) is 40.9 Å². The summed E-state index contributed by atoms with van der Waals surface area (Å²) in [7, 11) is 0. The molecule has 0 fully saturated rings. The number of hydrogen-bond donors (Lipinski definition) is 0. The molecule has 0 bridgehead atoms. The van der Waals surface area contributed by atoms with Gasteiger partial charge in [-0.3, -0.25) is 0 Å². The third kappa shape index (κ3) is 8.60. The summed E-state index contributed by atoms with van der Waals surface area (Å²) in [6.07, 6.45) is -2.98. The molecule has 0 aliphatic rings. The van der Waals surface area contributed by atoms with Crippen LogP contribution in [0.2, 0.25) is 0 Å². The summed E-state index contributed by atoms with van der Waals surface area (Å²) in [5.74, 6) is 8.35. The van der Waals surface area contributed by atoms with Crippen LogP contribution in [-0.4, -0.2) is 17.9 Å². The Bertz CT molecular complexity index is 1690. The Morgan fingerprint density at radius 2 is 1.19 bits per heavy atom. The van der Waals surface area contributed by atoms with E-state index in [2.05, 4.69) is 43.4 Å². The monoisotopic (exact) mass is 570 g/mol. The Morgan fingerprint density at radius 3 is 1.67 bits per heavy atom. The number of alkyl halides is 3. The van der Waals surface area contributed by atoms with Gasteiger partial charge < -0.3 is 14.2 Å². The maximum atomic E-state index is 14.1. The van der Waals surface area contributed by atoms with Crippen molar-refractivity contribution in [2.75, 3.05) is 0 Å². The first-order valence-corrected chi connectivity index (χ1v) is 11.9. The lowest BCUT2D eigenvalue weighted by atomic mass is 10.0. The molecule has 0 aliphatic carbocycles. The predicted octanol–water partition coefficient (Wildman–Crippen LogP) is 6.17. The number of esters is 3. The Kier molecular flexibility index (Phi) is 9.89. The van der Waals surface area contributed by atoms with Gasteiger partial charge in [0.1, 0.15) is 17.2 Å². The van der Waals surface area contributed by atoms with Gasteiger partial charge in [0.05, 0.1) is 11.1 Å². The Morgan fingerprint density at radius 1 is 0.714 bits per heavy atom. The quantitative estimate of drug-likeness (QED) is 0.153. The summed E-state index contributed by atoms with van der Waals surface area (Å²) in [6.45, 7) is 11.6. The summed E-state index contributed by atoms with van der Waals surface area (Å²) in [5.41, 5.74) is -0.890. The van der Waals surface area contributed by atoms with E-state index in [-0.39, 0.29) is 28.4 Å². The molecule has 0 spiro atoms. The molecule has 9 heteroatoms. The summed E-state index contributed by atoms with van der Waals surface area (Å²) in [5, 5.41) is 0. The van der Waals surface area contributed by atoms with E-state index in [1.165, 1.54) is 55.5 Å². The molecule has 3 rings (SSSR count). The van der Waals surface area contributed by atoms with Crippen molar-refractivity contribution in [3.05, 3.63) is 126 Å². The third-order valence-corrected chi connectivity index (χ3v) is 5.14.